The summed E-state index contributed by atoms with van der Waals surface area (Å²) in [5.74, 6) is 5.66. The van der Waals surface area contributed by atoms with E-state index >= 15 is 0 Å². The summed E-state index contributed by atoms with van der Waals surface area (Å²) in [7, 11) is -1.56. The highest BCUT2D eigenvalue weighted by atomic mass is 28.4. The Morgan fingerprint density at radius 1 is 1.39 bits per heavy atom. The van der Waals surface area contributed by atoms with Crippen molar-refractivity contribution in [2.75, 3.05) is 19.7 Å². The highest BCUT2D eigenvalue weighted by Gasteiger charge is 2.32. The zero-order valence-electron chi connectivity index (χ0n) is 11.2. The molecular weight excluding hydrogens is 250 g/mol. The molecule has 1 rings (SSSR count). The molecule has 0 aromatic rings. The third kappa shape index (κ3) is 5.08. The van der Waals surface area contributed by atoms with Gasteiger partial charge in [-0.25, -0.2) is 4.79 Å². The van der Waals surface area contributed by atoms with Crippen molar-refractivity contribution < 1.29 is 19.4 Å². The maximum absolute atomic E-state index is 10.7. The first-order valence-electron chi connectivity index (χ1n) is 6.06. The molecule has 0 radical (unpaired) electrons. The second-order valence-corrected chi connectivity index (χ2v) is 10.0. The second kappa shape index (κ2) is 5.74. The summed E-state index contributed by atoms with van der Waals surface area (Å²) in [5.41, 5.74) is -1.06. The Morgan fingerprint density at radius 3 is 2.39 bits per heavy atom. The van der Waals surface area contributed by atoms with Gasteiger partial charge >= 0.3 is 6.09 Å². The van der Waals surface area contributed by atoms with Crippen LogP contribution in [0.25, 0.3) is 0 Å². The van der Waals surface area contributed by atoms with E-state index in [0.717, 1.165) is 0 Å². The lowest BCUT2D eigenvalue weighted by Crippen LogP contribution is -2.45. The molecule has 102 valence electrons. The van der Waals surface area contributed by atoms with Crippen LogP contribution >= 0.6 is 0 Å². The van der Waals surface area contributed by atoms with Gasteiger partial charge in [-0.3, -0.25) is 0 Å². The molecule has 1 saturated heterocycles. The van der Waals surface area contributed by atoms with Crippen molar-refractivity contribution in [3.8, 4) is 11.8 Å². The van der Waals surface area contributed by atoms with Crippen LogP contribution in [0.1, 0.15) is 12.8 Å². The molecule has 2 N–H and O–H groups in total. The van der Waals surface area contributed by atoms with Crippen LogP contribution in [-0.4, -0.2) is 54.8 Å². The van der Waals surface area contributed by atoms with Crippen LogP contribution < -0.4 is 0 Å². The minimum absolute atomic E-state index is 0.329. The number of aliphatic hydroxyl groups is 1. The van der Waals surface area contributed by atoms with Crippen LogP contribution in [0.15, 0.2) is 0 Å². The molecule has 1 amide bonds. The van der Waals surface area contributed by atoms with E-state index < -0.39 is 20.0 Å². The summed E-state index contributed by atoms with van der Waals surface area (Å²) in [5, 5.41) is 19.0. The van der Waals surface area contributed by atoms with E-state index in [2.05, 4.69) is 31.5 Å². The van der Waals surface area contributed by atoms with Crippen molar-refractivity contribution in [3.63, 3.8) is 0 Å². The first kappa shape index (κ1) is 15.0. The number of piperidine rings is 1. The Balaban J connectivity index is 2.43. The molecule has 0 atom stereocenters. The normalized spacial score (nSPS) is 19.0. The number of rotatable bonds is 2. The first-order chi connectivity index (χ1) is 8.22. The Morgan fingerprint density at radius 2 is 1.94 bits per heavy atom. The van der Waals surface area contributed by atoms with Crippen LogP contribution in [-0.2, 0) is 4.43 Å². The van der Waals surface area contributed by atoms with Gasteiger partial charge in [-0.1, -0.05) is 11.8 Å². The fraction of sp³-hybridized carbons (Fsp3) is 0.750. The number of hydrogen-bond donors (Lipinski definition) is 2. The van der Waals surface area contributed by atoms with Gasteiger partial charge in [0, 0.05) is 25.9 Å². The van der Waals surface area contributed by atoms with Crippen LogP contribution in [0.3, 0.4) is 0 Å². The van der Waals surface area contributed by atoms with Gasteiger partial charge in [-0.05, 0) is 19.6 Å². The van der Waals surface area contributed by atoms with Gasteiger partial charge in [0.05, 0.1) is 6.61 Å². The van der Waals surface area contributed by atoms with E-state index in [0.29, 0.717) is 32.5 Å². The quantitative estimate of drug-likeness (QED) is 0.587. The molecule has 0 bridgehead atoms. The van der Waals surface area contributed by atoms with Gasteiger partial charge in [0.2, 0.25) is 0 Å². The standard InChI is InChI=1S/C12H21NO4Si/c1-18(2,3)17-10-4-5-12(16)6-8-13(9-7-12)11(14)15/h16H,6-10H2,1-3H3,(H,14,15). The third-order valence-electron chi connectivity index (χ3n) is 2.76. The Labute approximate surface area is 109 Å². The van der Waals surface area contributed by atoms with Gasteiger partial charge in [0.25, 0.3) is 0 Å². The summed E-state index contributed by atoms with van der Waals surface area (Å²) < 4.78 is 5.57. The lowest BCUT2D eigenvalue weighted by atomic mass is 9.92. The average Bonchev–Trinajstić information content (AvgIpc) is 2.24. The highest BCUT2D eigenvalue weighted by molar-refractivity contribution is 6.69. The zero-order chi connectivity index (χ0) is 13.8. The summed E-state index contributed by atoms with van der Waals surface area (Å²) in [6.07, 6.45) is -0.217. The molecule has 1 aliphatic heterocycles. The van der Waals surface area contributed by atoms with E-state index in [-0.39, 0.29) is 0 Å². The van der Waals surface area contributed by atoms with Crippen LogP contribution in [0.5, 0.6) is 0 Å². The van der Waals surface area contributed by atoms with Crippen LogP contribution in [0.2, 0.25) is 19.6 Å². The summed E-state index contributed by atoms with van der Waals surface area (Å²) in [6, 6.07) is 0. The average molecular weight is 271 g/mol. The number of carbonyl (C=O) groups is 1. The maximum atomic E-state index is 10.7. The monoisotopic (exact) mass is 271 g/mol. The fourth-order valence-electron chi connectivity index (χ4n) is 1.65. The predicted molar refractivity (Wildman–Crippen MR) is 70.9 cm³/mol. The van der Waals surface area contributed by atoms with E-state index in [4.69, 9.17) is 9.53 Å². The summed E-state index contributed by atoms with van der Waals surface area (Å²) in [4.78, 5) is 12.0. The van der Waals surface area contributed by atoms with Crippen LogP contribution in [0.4, 0.5) is 4.79 Å². The number of hydrogen-bond acceptors (Lipinski definition) is 3. The molecular formula is C12H21NO4Si. The first-order valence-corrected chi connectivity index (χ1v) is 9.47. The lowest BCUT2D eigenvalue weighted by Gasteiger charge is -2.33. The topological polar surface area (TPSA) is 70.0 Å². The summed E-state index contributed by atoms with van der Waals surface area (Å²) >= 11 is 0. The molecule has 18 heavy (non-hydrogen) atoms. The van der Waals surface area contributed by atoms with Gasteiger partial charge in [-0.2, -0.15) is 0 Å². The number of carboxylic acid groups (broad SMARTS) is 1. The van der Waals surface area contributed by atoms with Crippen molar-refractivity contribution >= 4 is 14.4 Å². The third-order valence-corrected chi connectivity index (χ3v) is 3.77. The van der Waals surface area contributed by atoms with Crippen molar-refractivity contribution in [3.05, 3.63) is 0 Å². The van der Waals surface area contributed by atoms with Gasteiger partial charge in [-0.15, -0.1) is 0 Å². The van der Waals surface area contributed by atoms with E-state index in [1.165, 1.54) is 4.90 Å². The maximum Gasteiger partial charge on any atom is 0.407 e. The largest absolute Gasteiger partial charge is 0.465 e. The molecule has 6 heteroatoms. The molecule has 1 heterocycles. The molecule has 0 unspecified atom stereocenters. The number of amides is 1. The lowest BCUT2D eigenvalue weighted by molar-refractivity contribution is 0.0295. The smallest absolute Gasteiger partial charge is 0.407 e. The minimum atomic E-state index is -1.56. The SMILES string of the molecule is C[Si](C)(C)OCC#CC1(O)CCN(C(=O)O)CC1. The van der Waals surface area contributed by atoms with Gasteiger partial charge in [0.15, 0.2) is 8.32 Å². The Hall–Kier alpha value is -1.03. The Bertz CT molecular complexity index is 358. The van der Waals surface area contributed by atoms with Crippen molar-refractivity contribution in [1.29, 1.82) is 0 Å². The summed E-state index contributed by atoms with van der Waals surface area (Å²) in [6.45, 7) is 7.23. The minimum Gasteiger partial charge on any atom is -0.465 e. The van der Waals surface area contributed by atoms with E-state index in [1.54, 1.807) is 0 Å². The molecule has 1 fully saturated rings. The highest BCUT2D eigenvalue weighted by Crippen LogP contribution is 2.21. The molecule has 5 nitrogen and oxygen atoms in total. The van der Waals surface area contributed by atoms with Gasteiger partial charge in [0.1, 0.15) is 5.60 Å². The number of likely N-dealkylation sites (tertiary alicyclic amines) is 1. The van der Waals surface area contributed by atoms with Crippen molar-refractivity contribution in [2.24, 2.45) is 0 Å². The predicted octanol–water partition coefficient (Wildman–Crippen LogP) is 1.35. The van der Waals surface area contributed by atoms with Crippen LogP contribution in [0, 0.1) is 11.8 Å². The molecule has 0 aliphatic carbocycles. The number of nitrogens with zero attached hydrogens (tertiary/aromatic N) is 1. The molecule has 1 aliphatic rings. The van der Waals surface area contributed by atoms with E-state index in [9.17, 15) is 9.90 Å². The Kier molecular flexibility index (Phi) is 4.79. The van der Waals surface area contributed by atoms with Gasteiger partial charge < -0.3 is 19.5 Å². The molecule has 0 spiro atoms. The van der Waals surface area contributed by atoms with Crippen molar-refractivity contribution in [1.82, 2.24) is 4.90 Å². The molecule has 0 aromatic heterocycles. The second-order valence-electron chi connectivity index (χ2n) is 5.50. The van der Waals surface area contributed by atoms with Crippen molar-refractivity contribution in [2.45, 2.75) is 38.1 Å². The zero-order valence-corrected chi connectivity index (χ0v) is 12.2. The molecule has 0 aromatic carbocycles. The fourth-order valence-corrected chi connectivity index (χ4v) is 2.15. The molecule has 0 saturated carbocycles. The van der Waals surface area contributed by atoms with E-state index in [1.807, 2.05) is 0 Å².